The van der Waals surface area contributed by atoms with E-state index in [1.807, 2.05) is 64.3 Å². The van der Waals surface area contributed by atoms with Crippen LogP contribution in [0.5, 0.6) is 0 Å². The van der Waals surface area contributed by atoms with Gasteiger partial charge in [0.25, 0.3) is 5.91 Å². The number of aryl methyl sites for hydroxylation is 1. The zero-order valence-corrected chi connectivity index (χ0v) is 16.6. The Morgan fingerprint density at radius 1 is 0.967 bits per heavy atom. The number of hydrogen-bond acceptors (Lipinski definition) is 3. The normalized spacial score (nSPS) is 13.1. The van der Waals surface area contributed by atoms with Gasteiger partial charge in [-0.3, -0.25) is 14.5 Å². The summed E-state index contributed by atoms with van der Waals surface area (Å²) in [5.74, 6) is -0.0136. The molecule has 0 spiro atoms. The van der Waals surface area contributed by atoms with Crippen LogP contribution in [0.4, 0.5) is 5.69 Å². The van der Waals surface area contributed by atoms with Crippen LogP contribution in [-0.4, -0.2) is 27.2 Å². The zero-order valence-electron chi connectivity index (χ0n) is 16.6. The molecule has 5 rings (SSSR count). The Kier molecular flexibility index (Phi) is 4.85. The molecule has 4 aromatic rings. The second-order valence-electron chi connectivity index (χ2n) is 7.51. The van der Waals surface area contributed by atoms with Gasteiger partial charge in [-0.15, -0.1) is 0 Å². The van der Waals surface area contributed by atoms with Gasteiger partial charge in [0.05, 0.1) is 12.1 Å². The molecule has 1 aliphatic heterocycles. The summed E-state index contributed by atoms with van der Waals surface area (Å²) >= 11 is 0. The fourth-order valence-corrected chi connectivity index (χ4v) is 4.04. The molecule has 0 fully saturated rings. The number of amides is 1. The molecule has 0 saturated carbocycles. The van der Waals surface area contributed by atoms with Gasteiger partial charge in [0.1, 0.15) is 5.69 Å². The summed E-state index contributed by atoms with van der Waals surface area (Å²) in [5, 5.41) is 4.78. The second kappa shape index (κ2) is 7.95. The van der Waals surface area contributed by atoms with Gasteiger partial charge >= 0.3 is 0 Å². The maximum atomic E-state index is 13.7. The third kappa shape index (κ3) is 3.50. The van der Waals surface area contributed by atoms with Crippen LogP contribution in [-0.2, 0) is 13.0 Å². The number of rotatable bonds is 4. The molecule has 0 saturated heterocycles. The average molecular weight is 394 g/mol. The van der Waals surface area contributed by atoms with Crippen molar-refractivity contribution in [3.05, 3.63) is 102 Å². The van der Waals surface area contributed by atoms with Crippen LogP contribution in [0.1, 0.15) is 27.9 Å². The predicted molar refractivity (Wildman–Crippen MR) is 117 cm³/mol. The summed E-state index contributed by atoms with van der Waals surface area (Å²) < 4.78 is 1.85. The summed E-state index contributed by atoms with van der Waals surface area (Å²) in [6.45, 7) is 1.32. The van der Waals surface area contributed by atoms with E-state index in [4.69, 9.17) is 5.10 Å². The summed E-state index contributed by atoms with van der Waals surface area (Å²) in [4.78, 5) is 19.8. The smallest absolute Gasteiger partial charge is 0.262 e. The number of nitrogens with zero attached hydrogens (tertiary/aromatic N) is 4. The molecule has 0 radical (unpaired) electrons. The first-order valence-corrected chi connectivity index (χ1v) is 10.2. The van der Waals surface area contributed by atoms with E-state index >= 15 is 0 Å². The maximum absolute atomic E-state index is 13.7. The van der Waals surface area contributed by atoms with Crippen LogP contribution in [0.25, 0.3) is 11.3 Å². The molecule has 2 aromatic carbocycles. The third-order valence-corrected chi connectivity index (χ3v) is 5.47. The average Bonchev–Trinajstić information content (AvgIpc) is 3.23. The molecule has 1 aliphatic rings. The fourth-order valence-electron chi connectivity index (χ4n) is 4.04. The van der Waals surface area contributed by atoms with Crippen molar-refractivity contribution in [1.82, 2.24) is 14.8 Å². The summed E-state index contributed by atoms with van der Waals surface area (Å²) in [7, 11) is 0. The van der Waals surface area contributed by atoms with Crippen molar-refractivity contribution in [1.29, 1.82) is 0 Å². The van der Waals surface area contributed by atoms with Gasteiger partial charge in [0.15, 0.2) is 0 Å². The minimum Gasteiger partial charge on any atom is -0.308 e. The zero-order chi connectivity index (χ0) is 20.3. The van der Waals surface area contributed by atoms with E-state index in [1.54, 1.807) is 12.4 Å². The summed E-state index contributed by atoms with van der Waals surface area (Å²) in [6.07, 6.45) is 7.32. The molecular weight excluding hydrogens is 372 g/mol. The van der Waals surface area contributed by atoms with Gasteiger partial charge in [0.2, 0.25) is 0 Å². The van der Waals surface area contributed by atoms with E-state index < -0.39 is 0 Å². The molecule has 0 aliphatic carbocycles. The van der Waals surface area contributed by atoms with Crippen LogP contribution in [0, 0.1) is 0 Å². The Hall–Kier alpha value is -3.73. The Labute approximate surface area is 175 Å². The van der Waals surface area contributed by atoms with Crippen molar-refractivity contribution in [2.75, 3.05) is 11.4 Å². The number of anilines is 1. The maximum Gasteiger partial charge on any atom is 0.262 e. The Bertz CT molecular complexity index is 1170. The van der Waals surface area contributed by atoms with Crippen LogP contribution >= 0.6 is 0 Å². The SMILES string of the molecule is O=C(c1cn(Cc2ccccc2)nc1-c1cccnc1)N1CCCc2ccccc21. The Morgan fingerprint density at radius 3 is 2.63 bits per heavy atom. The number of para-hydroxylation sites is 1. The fraction of sp³-hybridized carbons (Fsp3) is 0.160. The molecule has 1 amide bonds. The first kappa shape index (κ1) is 18.3. The van der Waals surface area contributed by atoms with Gasteiger partial charge in [-0.1, -0.05) is 48.5 Å². The van der Waals surface area contributed by atoms with Crippen LogP contribution in [0.2, 0.25) is 0 Å². The largest absolute Gasteiger partial charge is 0.308 e. The molecule has 3 heterocycles. The van der Waals surface area contributed by atoms with Gasteiger partial charge in [-0.05, 0) is 42.2 Å². The minimum absolute atomic E-state index is 0.0136. The van der Waals surface area contributed by atoms with Gasteiger partial charge in [0, 0.05) is 36.4 Å². The number of pyridine rings is 1. The van der Waals surface area contributed by atoms with Crippen molar-refractivity contribution < 1.29 is 4.79 Å². The highest BCUT2D eigenvalue weighted by Gasteiger charge is 2.27. The van der Waals surface area contributed by atoms with Crippen molar-refractivity contribution in [2.45, 2.75) is 19.4 Å². The number of carbonyl (C=O) groups is 1. The van der Waals surface area contributed by atoms with Crippen LogP contribution in [0.15, 0.2) is 85.3 Å². The van der Waals surface area contributed by atoms with Crippen molar-refractivity contribution in [3.8, 4) is 11.3 Å². The molecule has 0 N–H and O–H groups in total. The highest BCUT2D eigenvalue weighted by atomic mass is 16.2. The molecule has 0 bridgehead atoms. The van der Waals surface area contributed by atoms with Crippen molar-refractivity contribution in [2.24, 2.45) is 0 Å². The standard InChI is InChI=1S/C25H22N4O/c30-25(29-15-7-12-20-10-4-5-13-23(20)29)22-18-28(17-19-8-2-1-3-9-19)27-24(22)21-11-6-14-26-16-21/h1-6,8-11,13-14,16,18H,7,12,15,17H2. The number of benzene rings is 2. The second-order valence-corrected chi connectivity index (χ2v) is 7.51. The molecule has 2 aromatic heterocycles. The molecule has 148 valence electrons. The van der Waals surface area contributed by atoms with E-state index in [0.29, 0.717) is 24.3 Å². The van der Waals surface area contributed by atoms with Crippen molar-refractivity contribution in [3.63, 3.8) is 0 Å². The quantitative estimate of drug-likeness (QED) is 0.509. The highest BCUT2D eigenvalue weighted by molar-refractivity contribution is 6.10. The van der Waals surface area contributed by atoms with E-state index in [0.717, 1.165) is 29.7 Å². The predicted octanol–water partition coefficient (Wildman–Crippen LogP) is 4.59. The number of aromatic nitrogens is 3. The molecular formula is C25H22N4O. The lowest BCUT2D eigenvalue weighted by Gasteiger charge is -2.29. The summed E-state index contributed by atoms with van der Waals surface area (Å²) in [5.41, 5.74) is 5.49. The third-order valence-electron chi connectivity index (χ3n) is 5.47. The lowest BCUT2D eigenvalue weighted by molar-refractivity contribution is 0.0985. The highest BCUT2D eigenvalue weighted by Crippen LogP contribution is 2.30. The molecule has 5 heteroatoms. The lowest BCUT2D eigenvalue weighted by Crippen LogP contribution is -2.35. The van der Waals surface area contributed by atoms with Gasteiger partial charge in [-0.25, -0.2) is 0 Å². The van der Waals surface area contributed by atoms with Gasteiger partial charge in [-0.2, -0.15) is 5.10 Å². The van der Waals surface area contributed by atoms with Crippen LogP contribution < -0.4 is 4.90 Å². The monoisotopic (exact) mass is 394 g/mol. The number of carbonyl (C=O) groups excluding carboxylic acids is 1. The van der Waals surface area contributed by atoms with Crippen molar-refractivity contribution >= 4 is 11.6 Å². The van der Waals surface area contributed by atoms with Gasteiger partial charge < -0.3 is 4.90 Å². The number of hydrogen-bond donors (Lipinski definition) is 0. The van der Waals surface area contributed by atoms with E-state index in [2.05, 4.69) is 23.2 Å². The van der Waals surface area contributed by atoms with E-state index in [1.165, 1.54) is 5.56 Å². The summed E-state index contributed by atoms with van der Waals surface area (Å²) in [6, 6.07) is 22.1. The number of fused-ring (bicyclic) bond motifs is 1. The minimum atomic E-state index is -0.0136. The van der Waals surface area contributed by atoms with Crippen LogP contribution in [0.3, 0.4) is 0 Å². The molecule has 30 heavy (non-hydrogen) atoms. The Balaban J connectivity index is 1.56. The van der Waals surface area contributed by atoms with E-state index in [-0.39, 0.29) is 5.91 Å². The first-order chi connectivity index (χ1) is 14.8. The van der Waals surface area contributed by atoms with E-state index in [9.17, 15) is 4.79 Å². The lowest BCUT2D eigenvalue weighted by atomic mass is 10.0. The molecule has 5 nitrogen and oxygen atoms in total. The topological polar surface area (TPSA) is 51.0 Å². The first-order valence-electron chi connectivity index (χ1n) is 10.2. The molecule has 0 unspecified atom stereocenters. The molecule has 0 atom stereocenters. The Morgan fingerprint density at radius 2 is 1.80 bits per heavy atom.